The molecule has 0 spiro atoms. The van der Waals surface area contributed by atoms with Crippen molar-refractivity contribution in [2.75, 3.05) is 44.3 Å². The molecule has 0 unspecified atom stereocenters. The lowest BCUT2D eigenvalue weighted by atomic mass is 9.96. The standard InChI is InChI=1S/C20H22F3N5O2/c21-20(22,23)15-1-2-18(24-12-15)27-5-7-28(8-6-27)19(29)17-11-16(25-13-26-17)14-3-9-30-10-4-14/h1-2,11-14H,3-10H2. The molecule has 2 aromatic heterocycles. The first-order valence-corrected chi connectivity index (χ1v) is 9.89. The van der Waals surface area contributed by atoms with Gasteiger partial charge >= 0.3 is 6.18 Å². The number of nitrogens with zero attached hydrogens (tertiary/aromatic N) is 5. The SMILES string of the molecule is O=C(c1cc(C2CCOCC2)ncn1)N1CCN(c2ccc(C(F)(F)F)cn2)CC1. The van der Waals surface area contributed by atoms with Crippen LogP contribution in [0.15, 0.2) is 30.7 Å². The number of carbonyl (C=O) groups excluding carboxylic acids is 1. The molecule has 4 heterocycles. The fourth-order valence-corrected chi connectivity index (χ4v) is 3.75. The summed E-state index contributed by atoms with van der Waals surface area (Å²) >= 11 is 0. The largest absolute Gasteiger partial charge is 0.417 e. The van der Waals surface area contributed by atoms with Crippen LogP contribution in [0.25, 0.3) is 0 Å². The number of rotatable bonds is 3. The number of alkyl halides is 3. The topological polar surface area (TPSA) is 71.5 Å². The maximum Gasteiger partial charge on any atom is 0.417 e. The van der Waals surface area contributed by atoms with E-state index in [9.17, 15) is 18.0 Å². The van der Waals surface area contributed by atoms with Crippen molar-refractivity contribution in [3.63, 3.8) is 0 Å². The number of hydrogen-bond acceptors (Lipinski definition) is 6. The lowest BCUT2D eigenvalue weighted by Gasteiger charge is -2.35. The predicted molar refractivity (Wildman–Crippen MR) is 102 cm³/mol. The molecule has 2 fully saturated rings. The van der Waals surface area contributed by atoms with E-state index in [4.69, 9.17) is 4.74 Å². The smallest absolute Gasteiger partial charge is 0.381 e. The summed E-state index contributed by atoms with van der Waals surface area (Å²) in [6.07, 6.45) is -0.378. The Morgan fingerprint density at radius 2 is 1.77 bits per heavy atom. The summed E-state index contributed by atoms with van der Waals surface area (Å²) in [4.78, 5) is 28.9. The third-order valence-electron chi connectivity index (χ3n) is 5.51. The highest BCUT2D eigenvalue weighted by Crippen LogP contribution is 2.29. The molecule has 0 aliphatic carbocycles. The van der Waals surface area contributed by atoms with E-state index in [1.165, 1.54) is 12.4 Å². The zero-order valence-electron chi connectivity index (χ0n) is 16.3. The molecular weight excluding hydrogens is 399 g/mol. The van der Waals surface area contributed by atoms with Crippen LogP contribution in [0.2, 0.25) is 0 Å². The van der Waals surface area contributed by atoms with Crippen molar-refractivity contribution in [2.45, 2.75) is 24.9 Å². The van der Waals surface area contributed by atoms with E-state index in [2.05, 4.69) is 15.0 Å². The van der Waals surface area contributed by atoms with Crippen LogP contribution in [0.5, 0.6) is 0 Å². The van der Waals surface area contributed by atoms with Gasteiger partial charge < -0.3 is 14.5 Å². The van der Waals surface area contributed by atoms with Gasteiger partial charge in [0, 0.05) is 57.2 Å². The van der Waals surface area contributed by atoms with Gasteiger partial charge in [-0.15, -0.1) is 0 Å². The second-order valence-corrected chi connectivity index (χ2v) is 7.40. The fourth-order valence-electron chi connectivity index (χ4n) is 3.75. The maximum absolute atomic E-state index is 12.9. The van der Waals surface area contributed by atoms with Crippen molar-refractivity contribution in [3.8, 4) is 0 Å². The predicted octanol–water partition coefficient (Wildman–Crippen LogP) is 2.75. The molecule has 2 aromatic rings. The molecule has 4 rings (SSSR count). The monoisotopic (exact) mass is 421 g/mol. The Labute approximate surface area is 171 Å². The van der Waals surface area contributed by atoms with Gasteiger partial charge in [0.15, 0.2) is 0 Å². The molecule has 0 bridgehead atoms. The van der Waals surface area contributed by atoms with Gasteiger partial charge in [0.2, 0.25) is 0 Å². The second-order valence-electron chi connectivity index (χ2n) is 7.40. The summed E-state index contributed by atoms with van der Waals surface area (Å²) in [5.74, 6) is 0.584. The Hall–Kier alpha value is -2.75. The molecule has 2 aliphatic rings. The number of ether oxygens (including phenoxy) is 1. The number of piperazine rings is 1. The number of anilines is 1. The van der Waals surface area contributed by atoms with E-state index in [0.717, 1.165) is 30.8 Å². The van der Waals surface area contributed by atoms with Crippen molar-refractivity contribution >= 4 is 11.7 Å². The van der Waals surface area contributed by atoms with Crippen LogP contribution in [0.4, 0.5) is 19.0 Å². The first kappa shape index (κ1) is 20.5. The number of carbonyl (C=O) groups is 1. The Morgan fingerprint density at radius 1 is 1.03 bits per heavy atom. The van der Waals surface area contributed by atoms with Crippen molar-refractivity contribution in [2.24, 2.45) is 0 Å². The molecule has 1 amide bonds. The third-order valence-corrected chi connectivity index (χ3v) is 5.51. The minimum absolute atomic E-state index is 0.161. The fraction of sp³-hybridized carbons (Fsp3) is 0.500. The molecule has 0 radical (unpaired) electrons. The van der Waals surface area contributed by atoms with Crippen LogP contribution in [0.3, 0.4) is 0 Å². The van der Waals surface area contributed by atoms with Gasteiger partial charge in [0.05, 0.1) is 5.56 Å². The van der Waals surface area contributed by atoms with Crippen LogP contribution in [0.1, 0.15) is 40.5 Å². The Morgan fingerprint density at radius 3 is 2.40 bits per heavy atom. The summed E-state index contributed by atoms with van der Waals surface area (Å²) in [6.45, 7) is 3.25. The zero-order valence-corrected chi connectivity index (χ0v) is 16.3. The Balaban J connectivity index is 1.37. The molecular formula is C20H22F3N5O2. The molecule has 0 atom stereocenters. The van der Waals surface area contributed by atoms with Crippen LogP contribution < -0.4 is 4.90 Å². The van der Waals surface area contributed by atoms with Gasteiger partial charge in [-0.2, -0.15) is 13.2 Å². The first-order chi connectivity index (χ1) is 14.4. The average molecular weight is 421 g/mol. The maximum atomic E-state index is 12.9. The average Bonchev–Trinajstić information content (AvgIpc) is 2.79. The normalized spacial score (nSPS) is 18.5. The first-order valence-electron chi connectivity index (χ1n) is 9.89. The van der Waals surface area contributed by atoms with Crippen molar-refractivity contribution in [1.29, 1.82) is 0 Å². The third kappa shape index (κ3) is 4.53. The summed E-state index contributed by atoms with van der Waals surface area (Å²) in [5, 5.41) is 0. The molecule has 0 saturated carbocycles. The quantitative estimate of drug-likeness (QED) is 0.759. The summed E-state index contributed by atoms with van der Waals surface area (Å²) in [5.41, 5.74) is 0.459. The minimum Gasteiger partial charge on any atom is -0.381 e. The van der Waals surface area contributed by atoms with E-state index in [0.29, 0.717) is 50.9 Å². The van der Waals surface area contributed by atoms with Gasteiger partial charge in [0.1, 0.15) is 17.8 Å². The highest BCUT2D eigenvalue weighted by atomic mass is 19.4. The van der Waals surface area contributed by atoms with Gasteiger partial charge in [0.25, 0.3) is 5.91 Å². The minimum atomic E-state index is -4.41. The molecule has 0 aromatic carbocycles. The molecule has 30 heavy (non-hydrogen) atoms. The number of hydrogen-bond donors (Lipinski definition) is 0. The van der Waals surface area contributed by atoms with Gasteiger partial charge in [-0.1, -0.05) is 0 Å². The number of aromatic nitrogens is 3. The summed E-state index contributed by atoms with van der Waals surface area (Å²) < 4.78 is 43.5. The van der Waals surface area contributed by atoms with Gasteiger partial charge in [-0.25, -0.2) is 15.0 Å². The van der Waals surface area contributed by atoms with Crippen LogP contribution >= 0.6 is 0 Å². The molecule has 160 valence electrons. The van der Waals surface area contributed by atoms with E-state index in [1.54, 1.807) is 11.0 Å². The van der Waals surface area contributed by atoms with Crippen molar-refractivity contribution in [3.05, 3.63) is 47.7 Å². The highest BCUT2D eigenvalue weighted by molar-refractivity contribution is 5.92. The van der Waals surface area contributed by atoms with E-state index < -0.39 is 11.7 Å². The molecule has 2 saturated heterocycles. The van der Waals surface area contributed by atoms with E-state index in [-0.39, 0.29) is 11.8 Å². The second kappa shape index (κ2) is 8.55. The lowest BCUT2D eigenvalue weighted by molar-refractivity contribution is -0.137. The zero-order chi connectivity index (χ0) is 21.1. The molecule has 0 N–H and O–H groups in total. The number of pyridine rings is 1. The van der Waals surface area contributed by atoms with Crippen molar-refractivity contribution in [1.82, 2.24) is 19.9 Å². The number of halogens is 3. The highest BCUT2D eigenvalue weighted by Gasteiger charge is 2.31. The van der Waals surface area contributed by atoms with E-state index in [1.807, 2.05) is 4.90 Å². The Kier molecular flexibility index (Phi) is 5.85. The molecule has 10 heteroatoms. The van der Waals surface area contributed by atoms with Crippen LogP contribution in [-0.2, 0) is 10.9 Å². The summed E-state index contributed by atoms with van der Waals surface area (Å²) in [7, 11) is 0. The number of amides is 1. The van der Waals surface area contributed by atoms with Crippen LogP contribution in [-0.4, -0.2) is 65.2 Å². The lowest BCUT2D eigenvalue weighted by Crippen LogP contribution is -2.49. The molecule has 2 aliphatic heterocycles. The molecule has 7 nitrogen and oxygen atoms in total. The summed E-state index contributed by atoms with van der Waals surface area (Å²) in [6, 6.07) is 4.16. The van der Waals surface area contributed by atoms with Gasteiger partial charge in [-0.3, -0.25) is 4.79 Å². The van der Waals surface area contributed by atoms with E-state index >= 15 is 0 Å². The Bertz CT molecular complexity index is 877. The van der Waals surface area contributed by atoms with Crippen molar-refractivity contribution < 1.29 is 22.7 Å². The van der Waals surface area contributed by atoms with Gasteiger partial charge in [-0.05, 0) is 31.0 Å². The van der Waals surface area contributed by atoms with Crippen LogP contribution in [0, 0.1) is 0 Å².